The minimum atomic E-state index is -2.35. The molecule has 0 aliphatic heterocycles. The zero-order chi connectivity index (χ0) is 23.6. The van der Waals surface area contributed by atoms with Crippen molar-refractivity contribution in [2.45, 2.75) is 90.4 Å². The maximum atomic E-state index is 13.1. The van der Waals surface area contributed by atoms with Gasteiger partial charge in [-0.1, -0.05) is 58.8 Å². The monoisotopic (exact) mass is 449 g/mol. The van der Waals surface area contributed by atoms with Gasteiger partial charge in [-0.3, -0.25) is 14.6 Å². The highest BCUT2D eigenvalue weighted by Crippen LogP contribution is 2.42. The van der Waals surface area contributed by atoms with Crippen LogP contribution in [-0.2, 0) is 0 Å². The van der Waals surface area contributed by atoms with Crippen molar-refractivity contribution >= 4 is 16.8 Å². The van der Waals surface area contributed by atoms with Gasteiger partial charge in [-0.05, 0) is 30.7 Å². The highest BCUT2D eigenvalue weighted by molar-refractivity contribution is 6.03. The van der Waals surface area contributed by atoms with Gasteiger partial charge < -0.3 is 10.7 Å². The number of hydrogen-bond donors (Lipinski definition) is 2. The van der Waals surface area contributed by atoms with E-state index in [9.17, 15) is 18.4 Å². The van der Waals surface area contributed by atoms with Gasteiger partial charge in [-0.15, -0.1) is 0 Å². The van der Waals surface area contributed by atoms with Crippen molar-refractivity contribution in [3.63, 3.8) is 0 Å². The zero-order valence-corrected chi connectivity index (χ0v) is 19.3. The molecule has 5 nitrogen and oxygen atoms in total. The van der Waals surface area contributed by atoms with Crippen molar-refractivity contribution in [1.82, 2.24) is 9.97 Å². The van der Waals surface area contributed by atoms with Gasteiger partial charge in [0, 0.05) is 31.3 Å². The molecule has 7 heteroatoms. The van der Waals surface area contributed by atoms with E-state index in [1.54, 1.807) is 6.07 Å². The average Bonchev–Trinajstić information content (AvgIpc) is 2.76. The van der Waals surface area contributed by atoms with Crippen LogP contribution >= 0.6 is 0 Å². The van der Waals surface area contributed by atoms with Crippen LogP contribution in [0.2, 0.25) is 0 Å². The molecular weight excluding hydrogens is 412 g/mol. The molecule has 2 aliphatic carbocycles. The first-order valence-corrected chi connectivity index (χ1v) is 12.0. The Bertz CT molecular complexity index is 890. The number of nitrogens with zero attached hydrogens (tertiary/aromatic N) is 1. The van der Waals surface area contributed by atoms with E-state index in [1.807, 2.05) is 13.8 Å². The predicted octanol–water partition coefficient (Wildman–Crippen LogP) is 6.22. The van der Waals surface area contributed by atoms with Crippen LogP contribution in [-0.4, -0.2) is 21.8 Å². The minimum absolute atomic E-state index is 0.00403. The normalized spacial score (nSPS) is 19.5. The minimum Gasteiger partial charge on any atom is -0.364 e. The quantitative estimate of drug-likeness (QED) is 0.570. The number of primary amides is 1. The number of fused-ring (bicyclic) bond motifs is 1. The molecule has 2 aromatic heterocycles. The van der Waals surface area contributed by atoms with E-state index in [0.29, 0.717) is 11.4 Å². The molecule has 0 saturated heterocycles. The Kier molecular flexibility index (Phi) is 10.3. The third-order valence-corrected chi connectivity index (χ3v) is 6.48. The molecule has 3 N–H and O–H groups in total. The van der Waals surface area contributed by atoms with Crippen molar-refractivity contribution in [2.75, 3.05) is 0 Å². The third-order valence-electron chi connectivity index (χ3n) is 6.48. The molecule has 4 rings (SSSR count). The Morgan fingerprint density at radius 3 is 2.16 bits per heavy atom. The van der Waals surface area contributed by atoms with Gasteiger partial charge >= 0.3 is 0 Å². The Labute approximate surface area is 189 Å². The van der Waals surface area contributed by atoms with E-state index < -0.39 is 11.8 Å². The van der Waals surface area contributed by atoms with Crippen molar-refractivity contribution in [3.05, 3.63) is 40.4 Å². The lowest BCUT2D eigenvalue weighted by atomic mass is 9.74. The van der Waals surface area contributed by atoms with Gasteiger partial charge in [0.2, 0.25) is 5.92 Å². The van der Waals surface area contributed by atoms with Crippen LogP contribution in [0.3, 0.4) is 0 Å². The van der Waals surface area contributed by atoms with E-state index >= 15 is 0 Å². The smallest absolute Gasteiger partial charge is 0.268 e. The third kappa shape index (κ3) is 7.38. The first-order valence-electron chi connectivity index (χ1n) is 12.0. The summed E-state index contributed by atoms with van der Waals surface area (Å²) in [6.07, 6.45) is 14.2. The molecule has 32 heavy (non-hydrogen) atoms. The fraction of sp³-hybridized carbons (Fsp3) is 0.640. The van der Waals surface area contributed by atoms with Crippen LogP contribution in [0.5, 0.6) is 0 Å². The number of carbonyl (C=O) groups excluding carboxylic acids is 1. The molecule has 178 valence electrons. The number of halogens is 2. The maximum absolute atomic E-state index is 13.1. The summed E-state index contributed by atoms with van der Waals surface area (Å²) in [5, 5.41) is 0.238. The van der Waals surface area contributed by atoms with Gasteiger partial charge in [0.05, 0.1) is 10.9 Å². The number of H-pyrrole nitrogens is 1. The number of rotatable bonds is 2. The van der Waals surface area contributed by atoms with E-state index in [0.717, 1.165) is 18.8 Å². The predicted molar refractivity (Wildman–Crippen MR) is 125 cm³/mol. The lowest BCUT2D eigenvalue weighted by Gasteiger charge is -2.34. The Balaban J connectivity index is 0.000000212. The summed E-state index contributed by atoms with van der Waals surface area (Å²) in [5.41, 5.74) is 5.39. The van der Waals surface area contributed by atoms with Gasteiger partial charge in [0.15, 0.2) is 5.43 Å². The molecule has 2 fully saturated rings. The lowest BCUT2D eigenvalue weighted by molar-refractivity contribution is -0.0536. The molecule has 2 aliphatic rings. The number of hydrogen-bond acceptors (Lipinski definition) is 3. The second-order valence-corrected chi connectivity index (χ2v) is 8.59. The number of amides is 1. The first kappa shape index (κ1) is 25.9. The summed E-state index contributed by atoms with van der Waals surface area (Å²) in [5.74, 6) is -1.68. The summed E-state index contributed by atoms with van der Waals surface area (Å²) in [6, 6.07) is 2.94. The molecule has 1 amide bonds. The van der Waals surface area contributed by atoms with Crippen LogP contribution in [0, 0.1) is 11.8 Å². The molecule has 0 atom stereocenters. The maximum Gasteiger partial charge on any atom is 0.268 e. The SMILES string of the molecule is CC.FC1(F)CCC(C2CCCCCCC2)CC1.NC(=O)c1nccc2[nH]ccc(=O)c12. The van der Waals surface area contributed by atoms with Gasteiger partial charge in [0.1, 0.15) is 5.69 Å². The van der Waals surface area contributed by atoms with Gasteiger partial charge in [-0.2, -0.15) is 0 Å². The number of nitrogens with one attached hydrogen (secondary N) is 1. The number of aromatic nitrogens is 2. The fourth-order valence-electron chi connectivity index (χ4n) is 4.80. The molecule has 2 saturated carbocycles. The number of carbonyl (C=O) groups is 1. The van der Waals surface area contributed by atoms with E-state index in [2.05, 4.69) is 9.97 Å². The Morgan fingerprint density at radius 1 is 1.00 bits per heavy atom. The zero-order valence-electron chi connectivity index (χ0n) is 19.3. The van der Waals surface area contributed by atoms with Crippen molar-refractivity contribution in [2.24, 2.45) is 17.6 Å². The second kappa shape index (κ2) is 12.7. The summed E-state index contributed by atoms with van der Waals surface area (Å²) >= 11 is 0. The Hall–Kier alpha value is -2.31. The van der Waals surface area contributed by atoms with Crippen LogP contribution in [0.15, 0.2) is 29.3 Å². The molecule has 0 bridgehead atoms. The van der Waals surface area contributed by atoms with Gasteiger partial charge in [-0.25, -0.2) is 8.78 Å². The van der Waals surface area contributed by atoms with Gasteiger partial charge in [0.25, 0.3) is 5.91 Å². The number of aromatic amines is 1. The van der Waals surface area contributed by atoms with Crippen LogP contribution in [0.25, 0.3) is 10.9 Å². The fourth-order valence-corrected chi connectivity index (χ4v) is 4.80. The standard InChI is InChI=1S/C14H24F2.C9H7N3O2.C2H6/c15-14(16)10-8-13(9-11-14)12-6-4-2-1-3-5-7-12;10-9(14)8-7-5(1-3-12-8)11-4-2-6(7)13;1-2/h12-13H,1-11H2;1-4H,(H2,10,14)(H,11,13);1-2H3. The summed E-state index contributed by atoms with van der Waals surface area (Å²) in [4.78, 5) is 29.0. The summed E-state index contributed by atoms with van der Waals surface area (Å²) in [7, 11) is 0. The summed E-state index contributed by atoms with van der Waals surface area (Å²) < 4.78 is 26.2. The molecule has 0 unspecified atom stereocenters. The van der Waals surface area contributed by atoms with Crippen molar-refractivity contribution in [3.8, 4) is 0 Å². The second-order valence-electron chi connectivity index (χ2n) is 8.59. The summed E-state index contributed by atoms with van der Waals surface area (Å²) in [6.45, 7) is 4.00. The lowest BCUT2D eigenvalue weighted by Crippen LogP contribution is -2.28. The highest BCUT2D eigenvalue weighted by atomic mass is 19.3. The number of nitrogens with two attached hydrogens (primary N) is 1. The number of alkyl halides is 2. The molecule has 0 aromatic carbocycles. The van der Waals surface area contributed by atoms with Crippen LogP contribution < -0.4 is 11.2 Å². The van der Waals surface area contributed by atoms with Crippen LogP contribution in [0.4, 0.5) is 8.78 Å². The highest BCUT2D eigenvalue weighted by Gasteiger charge is 2.37. The average molecular weight is 450 g/mol. The van der Waals surface area contributed by atoms with Crippen molar-refractivity contribution < 1.29 is 13.6 Å². The molecule has 0 spiro atoms. The van der Waals surface area contributed by atoms with Crippen LogP contribution in [0.1, 0.15) is 95.0 Å². The van der Waals surface area contributed by atoms with E-state index in [1.165, 1.54) is 63.4 Å². The molecule has 2 heterocycles. The largest absolute Gasteiger partial charge is 0.364 e. The molecule has 0 radical (unpaired) electrons. The topological polar surface area (TPSA) is 88.8 Å². The van der Waals surface area contributed by atoms with E-state index in [-0.39, 0.29) is 29.4 Å². The van der Waals surface area contributed by atoms with Crippen molar-refractivity contribution in [1.29, 1.82) is 0 Å². The molecule has 2 aromatic rings. The van der Waals surface area contributed by atoms with E-state index in [4.69, 9.17) is 5.73 Å². The molecular formula is C25H37F2N3O2. The Morgan fingerprint density at radius 2 is 1.56 bits per heavy atom. The first-order chi connectivity index (χ1) is 15.4. The number of pyridine rings is 2.